The first kappa shape index (κ1) is 10.6. The minimum atomic E-state index is 0.0144. The number of hydrazine groups is 1. The van der Waals surface area contributed by atoms with Gasteiger partial charge in [-0.25, -0.2) is 10.9 Å². The third kappa shape index (κ3) is 2.35. The molecule has 0 aliphatic heterocycles. The van der Waals surface area contributed by atoms with Crippen LogP contribution in [0.4, 0.5) is 5.82 Å². The second-order valence-electron chi connectivity index (χ2n) is 3.90. The Labute approximate surface area is 93.2 Å². The number of nitrogens with two attached hydrogens (primary N) is 1. The van der Waals surface area contributed by atoms with Gasteiger partial charge in [-0.3, -0.25) is 4.79 Å². The van der Waals surface area contributed by atoms with Crippen LogP contribution in [0.3, 0.4) is 0 Å². The molecule has 1 aromatic heterocycles. The van der Waals surface area contributed by atoms with E-state index in [1.54, 1.807) is 6.07 Å². The molecule has 0 atom stereocenters. The maximum absolute atomic E-state index is 12.0. The second kappa shape index (κ2) is 4.72. The second-order valence-corrected chi connectivity index (χ2v) is 4.57. The van der Waals surface area contributed by atoms with Crippen LogP contribution in [0.15, 0.2) is 11.4 Å². The van der Waals surface area contributed by atoms with E-state index in [1.807, 2.05) is 5.38 Å². The number of rotatable bonds is 2. The van der Waals surface area contributed by atoms with Gasteiger partial charge in [0, 0.05) is 11.3 Å². The van der Waals surface area contributed by atoms with Gasteiger partial charge in [-0.2, -0.15) is 4.37 Å². The lowest BCUT2D eigenvalue weighted by atomic mass is 9.88. The van der Waals surface area contributed by atoms with Crippen molar-refractivity contribution in [2.24, 2.45) is 11.8 Å². The number of nitrogens with zero attached hydrogens (tertiary/aromatic N) is 2. The van der Waals surface area contributed by atoms with E-state index >= 15 is 0 Å². The van der Waals surface area contributed by atoms with Crippen LogP contribution in [0.25, 0.3) is 0 Å². The van der Waals surface area contributed by atoms with Crippen molar-refractivity contribution in [3.63, 3.8) is 0 Å². The van der Waals surface area contributed by atoms with Crippen LogP contribution >= 0.6 is 11.5 Å². The van der Waals surface area contributed by atoms with E-state index in [9.17, 15) is 4.79 Å². The summed E-state index contributed by atoms with van der Waals surface area (Å²) in [7, 11) is 0. The van der Waals surface area contributed by atoms with Crippen LogP contribution in [0.2, 0.25) is 0 Å². The van der Waals surface area contributed by atoms with Gasteiger partial charge in [-0.05, 0) is 30.4 Å². The summed E-state index contributed by atoms with van der Waals surface area (Å²) in [4.78, 5) is 12.0. The third-order valence-electron chi connectivity index (χ3n) is 2.86. The normalized spacial score (nSPS) is 17.7. The van der Waals surface area contributed by atoms with Crippen molar-refractivity contribution in [2.75, 3.05) is 5.01 Å². The zero-order valence-corrected chi connectivity index (χ0v) is 9.37. The van der Waals surface area contributed by atoms with Gasteiger partial charge in [-0.1, -0.05) is 19.3 Å². The largest absolute Gasteiger partial charge is 0.273 e. The Morgan fingerprint density at radius 1 is 1.47 bits per heavy atom. The van der Waals surface area contributed by atoms with E-state index in [0.717, 1.165) is 25.7 Å². The van der Waals surface area contributed by atoms with Gasteiger partial charge in [-0.15, -0.1) is 0 Å². The summed E-state index contributed by atoms with van der Waals surface area (Å²) in [5, 5.41) is 3.02. The topological polar surface area (TPSA) is 59.2 Å². The minimum Gasteiger partial charge on any atom is -0.273 e. The molecule has 0 aromatic carbocycles. The summed E-state index contributed by atoms with van der Waals surface area (Å²) in [6.07, 6.45) is 5.46. The molecule has 1 saturated carbocycles. The SMILES string of the molecule is NN(C(=O)C1CCCCC1)c1ccsn1. The van der Waals surface area contributed by atoms with E-state index < -0.39 is 0 Å². The molecule has 1 heterocycles. The lowest BCUT2D eigenvalue weighted by Crippen LogP contribution is -2.42. The molecule has 4 nitrogen and oxygen atoms in total. The van der Waals surface area contributed by atoms with Crippen LogP contribution in [0, 0.1) is 5.92 Å². The van der Waals surface area contributed by atoms with Crippen molar-refractivity contribution in [1.82, 2.24) is 4.37 Å². The Balaban J connectivity index is 2.00. The zero-order chi connectivity index (χ0) is 10.7. The highest BCUT2D eigenvalue weighted by Gasteiger charge is 2.25. The standard InChI is InChI=1S/C10H15N3OS/c11-13(9-6-7-15-12-9)10(14)8-4-2-1-3-5-8/h6-8H,1-5,11H2. The molecule has 0 unspecified atom stereocenters. The van der Waals surface area contributed by atoms with E-state index in [0.29, 0.717) is 5.82 Å². The molecule has 0 radical (unpaired) electrons. The average molecular weight is 225 g/mol. The fourth-order valence-electron chi connectivity index (χ4n) is 1.99. The first-order valence-electron chi connectivity index (χ1n) is 5.28. The van der Waals surface area contributed by atoms with Gasteiger partial charge in [0.2, 0.25) is 5.91 Å². The summed E-state index contributed by atoms with van der Waals surface area (Å²) in [6, 6.07) is 1.77. The van der Waals surface area contributed by atoms with Gasteiger partial charge >= 0.3 is 0 Å². The highest BCUT2D eigenvalue weighted by Crippen LogP contribution is 2.26. The van der Waals surface area contributed by atoms with E-state index in [2.05, 4.69) is 4.37 Å². The molecule has 2 rings (SSSR count). The van der Waals surface area contributed by atoms with Gasteiger partial charge in [0.1, 0.15) is 0 Å². The van der Waals surface area contributed by atoms with E-state index in [4.69, 9.17) is 5.84 Å². The molecule has 2 N–H and O–H groups in total. The molecule has 0 bridgehead atoms. The molecule has 82 valence electrons. The van der Waals surface area contributed by atoms with Crippen LogP contribution in [-0.2, 0) is 4.79 Å². The predicted octanol–water partition coefficient (Wildman–Crippen LogP) is 1.93. The maximum Gasteiger partial charge on any atom is 0.245 e. The Morgan fingerprint density at radius 3 is 2.80 bits per heavy atom. The van der Waals surface area contributed by atoms with Gasteiger partial charge < -0.3 is 0 Å². The monoisotopic (exact) mass is 225 g/mol. The number of amides is 1. The lowest BCUT2D eigenvalue weighted by Gasteiger charge is -2.24. The third-order valence-corrected chi connectivity index (χ3v) is 3.41. The average Bonchev–Trinajstić information content (AvgIpc) is 2.82. The van der Waals surface area contributed by atoms with Crippen LogP contribution in [0.5, 0.6) is 0 Å². The van der Waals surface area contributed by atoms with Crippen LogP contribution in [-0.4, -0.2) is 10.3 Å². The molecule has 5 heteroatoms. The fourth-order valence-corrected chi connectivity index (χ4v) is 2.49. The minimum absolute atomic E-state index is 0.0144. The van der Waals surface area contributed by atoms with Crippen molar-refractivity contribution in [3.05, 3.63) is 11.4 Å². The number of aromatic nitrogens is 1. The molecule has 0 saturated heterocycles. The van der Waals surface area contributed by atoms with E-state index in [1.165, 1.54) is 23.0 Å². The first-order chi connectivity index (χ1) is 7.29. The van der Waals surface area contributed by atoms with Crippen LogP contribution in [0.1, 0.15) is 32.1 Å². The Bertz CT molecular complexity index is 319. The molecule has 1 fully saturated rings. The molecule has 1 aliphatic carbocycles. The Kier molecular flexibility index (Phi) is 3.33. The summed E-state index contributed by atoms with van der Waals surface area (Å²) >= 11 is 1.31. The highest BCUT2D eigenvalue weighted by atomic mass is 32.1. The number of anilines is 1. The Morgan fingerprint density at radius 2 is 2.20 bits per heavy atom. The lowest BCUT2D eigenvalue weighted by molar-refractivity contribution is -0.123. The molecule has 1 aliphatic rings. The predicted molar refractivity (Wildman–Crippen MR) is 60.4 cm³/mol. The number of carbonyl (C=O) groups is 1. The van der Waals surface area contributed by atoms with Crippen molar-refractivity contribution in [3.8, 4) is 0 Å². The molecule has 0 spiro atoms. The molecule has 1 amide bonds. The molecular formula is C10H15N3OS. The fraction of sp³-hybridized carbons (Fsp3) is 0.600. The quantitative estimate of drug-likeness (QED) is 0.475. The van der Waals surface area contributed by atoms with Crippen molar-refractivity contribution in [2.45, 2.75) is 32.1 Å². The molecule has 15 heavy (non-hydrogen) atoms. The van der Waals surface area contributed by atoms with Gasteiger partial charge in [0.15, 0.2) is 5.82 Å². The van der Waals surface area contributed by atoms with Gasteiger partial charge in [0.25, 0.3) is 0 Å². The summed E-state index contributed by atoms with van der Waals surface area (Å²) in [5.74, 6) is 6.42. The number of hydrogen-bond acceptors (Lipinski definition) is 4. The van der Waals surface area contributed by atoms with Crippen molar-refractivity contribution in [1.29, 1.82) is 0 Å². The Hall–Kier alpha value is -0.940. The van der Waals surface area contributed by atoms with Crippen molar-refractivity contribution < 1.29 is 4.79 Å². The summed E-state index contributed by atoms with van der Waals surface area (Å²) in [5.41, 5.74) is 0. The highest BCUT2D eigenvalue weighted by molar-refractivity contribution is 7.03. The maximum atomic E-state index is 12.0. The summed E-state index contributed by atoms with van der Waals surface area (Å²) < 4.78 is 4.05. The van der Waals surface area contributed by atoms with Gasteiger partial charge in [0.05, 0.1) is 0 Å². The smallest absolute Gasteiger partial charge is 0.245 e. The summed E-state index contributed by atoms with van der Waals surface area (Å²) in [6.45, 7) is 0. The van der Waals surface area contributed by atoms with Crippen LogP contribution < -0.4 is 10.9 Å². The molecular weight excluding hydrogens is 210 g/mol. The van der Waals surface area contributed by atoms with Crippen molar-refractivity contribution >= 4 is 23.3 Å². The van der Waals surface area contributed by atoms with E-state index in [-0.39, 0.29) is 11.8 Å². The zero-order valence-electron chi connectivity index (χ0n) is 8.56. The number of carbonyl (C=O) groups excluding carboxylic acids is 1. The number of hydrogen-bond donors (Lipinski definition) is 1. The first-order valence-corrected chi connectivity index (χ1v) is 6.12. The molecule has 1 aromatic rings.